The highest BCUT2D eigenvalue weighted by molar-refractivity contribution is 7.08. The van der Waals surface area contributed by atoms with Gasteiger partial charge in [0.1, 0.15) is 41.6 Å². The van der Waals surface area contributed by atoms with Crippen molar-refractivity contribution in [1.29, 1.82) is 0 Å². The van der Waals surface area contributed by atoms with Crippen molar-refractivity contribution >= 4 is 40.8 Å². The molecule has 0 bridgehead atoms. The topological polar surface area (TPSA) is 70.8 Å². The van der Waals surface area contributed by atoms with Gasteiger partial charge in [-0.3, -0.25) is 4.79 Å². The number of fused-ring (bicyclic) bond motifs is 3. The summed E-state index contributed by atoms with van der Waals surface area (Å²) < 4.78 is 21.5. The van der Waals surface area contributed by atoms with Crippen LogP contribution in [0.25, 0.3) is 28.1 Å². The molecule has 0 unspecified atom stereocenters. The first-order valence-corrected chi connectivity index (χ1v) is 13.6. The average molecular weight is 526 g/mol. The highest BCUT2D eigenvalue weighted by Crippen LogP contribution is 2.46. The number of nitrogens with zero attached hydrogens (tertiary/aromatic N) is 4. The molecule has 12 heteroatoms. The van der Waals surface area contributed by atoms with E-state index in [1.807, 2.05) is 50.3 Å². The van der Waals surface area contributed by atoms with Gasteiger partial charge in [-0.05, 0) is 35.7 Å². The summed E-state index contributed by atoms with van der Waals surface area (Å²) in [4.78, 5) is 16.2. The van der Waals surface area contributed by atoms with Gasteiger partial charge in [0.2, 0.25) is 0 Å². The minimum Gasteiger partial charge on any atom is -0.496 e. The quantitative estimate of drug-likeness (QED) is 0.354. The number of carbonyl (C=O) groups is 1. The predicted octanol–water partition coefficient (Wildman–Crippen LogP) is 1.25. The zero-order chi connectivity index (χ0) is 26.8. The molecule has 1 amide bonds. The Morgan fingerprint density at radius 3 is 2.61 bits per heavy atom. The molecular formula is C26H29B3N4O4S. The smallest absolute Gasteiger partial charge is 0.273 e. The van der Waals surface area contributed by atoms with E-state index in [0.717, 1.165) is 39.4 Å². The Kier molecular flexibility index (Phi) is 5.81. The third-order valence-electron chi connectivity index (χ3n) is 7.25. The summed E-state index contributed by atoms with van der Waals surface area (Å²) in [6, 6.07) is 8.10. The number of thiophene rings is 1. The Labute approximate surface area is 228 Å². The van der Waals surface area contributed by atoms with Gasteiger partial charge in [-0.2, -0.15) is 16.4 Å². The molecule has 0 N–H and O–H groups in total. The minimum atomic E-state index is -0.421. The van der Waals surface area contributed by atoms with E-state index in [4.69, 9.17) is 19.3 Å². The fraction of sp³-hybridized carbons (Fsp3) is 0.308. The van der Waals surface area contributed by atoms with Crippen molar-refractivity contribution in [2.24, 2.45) is 7.05 Å². The molecule has 1 aromatic carbocycles. The van der Waals surface area contributed by atoms with Crippen molar-refractivity contribution in [3.8, 4) is 39.6 Å². The first kappa shape index (κ1) is 24.9. The molecule has 8 nitrogen and oxygen atoms in total. The predicted molar refractivity (Wildman–Crippen MR) is 156 cm³/mol. The lowest BCUT2D eigenvalue weighted by molar-refractivity contribution is -0.117. The third kappa shape index (κ3) is 3.89. The molecule has 5 heterocycles. The molecule has 192 valence electrons. The molecule has 1 saturated heterocycles. The second-order valence-electron chi connectivity index (χ2n) is 11.3. The van der Waals surface area contributed by atoms with E-state index >= 15 is 0 Å². The summed E-state index contributed by atoms with van der Waals surface area (Å²) in [6.45, 7) is 3.32. The van der Waals surface area contributed by atoms with Gasteiger partial charge in [0, 0.05) is 53.1 Å². The maximum Gasteiger partial charge on any atom is 0.273 e. The van der Waals surface area contributed by atoms with Crippen LogP contribution in [0.15, 0.2) is 47.4 Å². The summed E-state index contributed by atoms with van der Waals surface area (Å²) in [5.74, 6) is 1.32. The normalized spacial score (nSPS) is 15.7. The van der Waals surface area contributed by atoms with Gasteiger partial charge < -0.3 is 23.7 Å². The molecule has 2 aliphatic rings. The van der Waals surface area contributed by atoms with Crippen LogP contribution in [0.1, 0.15) is 23.0 Å². The molecule has 2 aliphatic heterocycles. The summed E-state index contributed by atoms with van der Waals surface area (Å²) in [5, 5.41) is 8.60. The van der Waals surface area contributed by atoms with Crippen LogP contribution in [0.2, 0.25) is 0 Å². The largest absolute Gasteiger partial charge is 0.496 e. The fourth-order valence-electron chi connectivity index (χ4n) is 5.66. The Balaban J connectivity index is 1.57. The Morgan fingerprint density at radius 2 is 2.03 bits per heavy atom. The maximum absolute atomic E-state index is 14.3. The number of aryl methyl sites for hydroxylation is 1. The molecule has 1 fully saturated rings. The summed E-state index contributed by atoms with van der Waals surface area (Å²) in [7, 11) is 9.83. The Hall–Kier alpha value is -3.37. The van der Waals surface area contributed by atoms with Gasteiger partial charge in [0.05, 0.1) is 37.2 Å². The molecule has 38 heavy (non-hydrogen) atoms. The highest BCUT2D eigenvalue weighted by atomic mass is 32.1. The molecule has 6 rings (SSSR count). The van der Waals surface area contributed by atoms with E-state index in [-0.39, 0.29) is 12.5 Å². The maximum atomic E-state index is 14.3. The number of benzene rings is 1. The number of carbonyl (C=O) groups excluding carboxylic acids is 1. The Bertz CT molecular complexity index is 1540. The van der Waals surface area contributed by atoms with E-state index < -0.39 is 10.8 Å². The SMILES string of the molecule is BC(B)(B)N(C(=O)c1nn(-c2ccsc2)c2c1COc1cc(OC)c(-c3ccn(C)c3)cc1-2)C1(C)COC1. The average Bonchev–Trinajstić information content (AvgIpc) is 3.60. The number of hydrogen-bond acceptors (Lipinski definition) is 6. The molecular weight excluding hydrogens is 497 g/mol. The van der Waals surface area contributed by atoms with E-state index in [1.165, 1.54) is 0 Å². The van der Waals surface area contributed by atoms with Crippen molar-refractivity contribution in [1.82, 2.24) is 19.2 Å². The third-order valence-corrected chi connectivity index (χ3v) is 7.92. The molecule has 0 saturated carbocycles. The number of aromatic nitrogens is 3. The second-order valence-corrected chi connectivity index (χ2v) is 12.1. The monoisotopic (exact) mass is 526 g/mol. The van der Waals surface area contributed by atoms with Crippen LogP contribution in [-0.2, 0) is 18.4 Å². The zero-order valence-electron chi connectivity index (χ0n) is 22.6. The van der Waals surface area contributed by atoms with Crippen LogP contribution in [0.4, 0.5) is 0 Å². The van der Waals surface area contributed by atoms with Crippen LogP contribution in [0, 0.1) is 0 Å². The van der Waals surface area contributed by atoms with Gasteiger partial charge in [-0.1, -0.05) is 0 Å². The van der Waals surface area contributed by atoms with Gasteiger partial charge >= 0.3 is 0 Å². The molecule has 3 aromatic heterocycles. The lowest BCUT2D eigenvalue weighted by atomic mass is 9.47. The molecule has 4 aromatic rings. The number of amides is 1. The molecule has 0 aliphatic carbocycles. The van der Waals surface area contributed by atoms with E-state index in [1.54, 1.807) is 18.4 Å². The van der Waals surface area contributed by atoms with E-state index in [0.29, 0.717) is 24.7 Å². The number of rotatable bonds is 6. The van der Waals surface area contributed by atoms with Crippen LogP contribution in [-0.4, -0.2) is 79.8 Å². The van der Waals surface area contributed by atoms with Crippen molar-refractivity contribution in [2.45, 2.75) is 24.3 Å². The molecule has 0 atom stereocenters. The van der Waals surface area contributed by atoms with Crippen LogP contribution < -0.4 is 9.47 Å². The van der Waals surface area contributed by atoms with Gasteiger partial charge in [0.15, 0.2) is 5.69 Å². The van der Waals surface area contributed by atoms with Crippen molar-refractivity contribution in [3.63, 3.8) is 0 Å². The van der Waals surface area contributed by atoms with E-state index in [9.17, 15) is 4.79 Å². The summed E-state index contributed by atoms with van der Waals surface area (Å²) in [6.07, 6.45) is 4.07. The zero-order valence-corrected chi connectivity index (χ0v) is 23.4. The highest BCUT2D eigenvalue weighted by Gasteiger charge is 2.48. The standard InChI is InChI=1S/C26H29B3N4O4S/c1-25(13-36-14-25)33(26(27,28)29)24(34)22-19-11-37-21-9-20(35-3)17(15-4-6-31(2)10-15)8-18(21)23(19)32(30-22)16-5-7-38-12-16/h4-10,12H,11,13-14,27-29H2,1-3H3. The molecule has 0 spiro atoms. The number of ether oxygens (including phenoxy) is 3. The van der Waals surface area contributed by atoms with Crippen molar-refractivity contribution < 1.29 is 19.0 Å². The van der Waals surface area contributed by atoms with Crippen molar-refractivity contribution in [2.75, 3.05) is 20.3 Å². The Morgan fingerprint density at radius 1 is 1.24 bits per heavy atom. The van der Waals surface area contributed by atoms with Gasteiger partial charge in [-0.15, -0.1) is 0 Å². The summed E-state index contributed by atoms with van der Waals surface area (Å²) >= 11 is 1.59. The van der Waals surface area contributed by atoms with Gasteiger partial charge in [0.25, 0.3) is 5.91 Å². The molecule has 0 radical (unpaired) electrons. The van der Waals surface area contributed by atoms with Crippen LogP contribution in [0.3, 0.4) is 0 Å². The first-order valence-electron chi connectivity index (χ1n) is 12.7. The van der Waals surface area contributed by atoms with Gasteiger partial charge in [-0.25, -0.2) is 4.68 Å². The van der Waals surface area contributed by atoms with Crippen LogP contribution >= 0.6 is 11.3 Å². The lowest BCUT2D eigenvalue weighted by Gasteiger charge is -2.53. The summed E-state index contributed by atoms with van der Waals surface area (Å²) in [5.41, 5.74) is 5.46. The van der Waals surface area contributed by atoms with Crippen LogP contribution in [0.5, 0.6) is 11.5 Å². The van der Waals surface area contributed by atoms with Crippen molar-refractivity contribution in [3.05, 3.63) is 58.7 Å². The minimum absolute atomic E-state index is 0.114. The van der Waals surface area contributed by atoms with E-state index in [2.05, 4.69) is 48.8 Å². The number of hydrogen-bond donors (Lipinski definition) is 0. The lowest BCUT2D eigenvalue weighted by Crippen LogP contribution is -2.70. The second kappa shape index (κ2) is 8.85. The first-order chi connectivity index (χ1) is 18.1. The fourth-order valence-corrected chi connectivity index (χ4v) is 6.28. The number of methoxy groups -OCH3 is 1.